The van der Waals surface area contributed by atoms with Crippen LogP contribution in [0.3, 0.4) is 0 Å². The van der Waals surface area contributed by atoms with Crippen molar-refractivity contribution < 1.29 is 80.8 Å². The van der Waals surface area contributed by atoms with E-state index in [0.29, 0.717) is 6.54 Å². The number of carbonyl (C=O) groups is 2. The van der Waals surface area contributed by atoms with Crippen molar-refractivity contribution in [1.29, 1.82) is 0 Å². The Morgan fingerprint density at radius 1 is 1.12 bits per heavy atom. The van der Waals surface area contributed by atoms with Gasteiger partial charge in [0.2, 0.25) is 0 Å². The zero-order valence-corrected chi connectivity index (χ0v) is 18.7. The molecule has 3 unspecified atom stereocenters. The zero-order valence-electron chi connectivity index (χ0n) is 15.5. The molecule has 0 aliphatic heterocycles. The fourth-order valence-corrected chi connectivity index (χ4v) is 2.70. The standard InChI is InChI=1S/C17H31NO5.K/c1-4-5-6-7-8-9-10-18(13-19,11-14(2)16(20)21)12-15(3)17(22)23;/h6-7,14-15,19H,4-5,8-13H2,1-3H3,(H-,20,21,22,23);/q;+1/b7-6+;. The first kappa shape index (κ1) is 26.5. The average molecular weight is 369 g/mol. The molecule has 0 aromatic carbocycles. The molecule has 0 aromatic heterocycles. The van der Waals surface area contributed by atoms with Crippen molar-refractivity contribution in [1.82, 2.24) is 0 Å². The van der Waals surface area contributed by atoms with E-state index in [-0.39, 0.29) is 75.7 Å². The van der Waals surface area contributed by atoms with Crippen LogP contribution in [0.2, 0.25) is 0 Å². The van der Waals surface area contributed by atoms with Gasteiger partial charge in [-0.3, -0.25) is 9.28 Å². The van der Waals surface area contributed by atoms with Gasteiger partial charge in [0.05, 0.1) is 19.6 Å². The SMILES string of the molecule is CCC/C=C/CCC[N+](CO)(CC(C)C(=O)[O-])CC(C)C(=O)O.[K+]. The molecule has 0 aromatic rings. The first-order chi connectivity index (χ1) is 10.8. The topological polar surface area (TPSA) is 97.7 Å². The zero-order chi connectivity index (χ0) is 17.9. The van der Waals surface area contributed by atoms with E-state index in [1.807, 2.05) is 0 Å². The number of carboxylic acid groups (broad SMARTS) is 2. The van der Waals surface area contributed by atoms with Gasteiger partial charge in [0, 0.05) is 18.3 Å². The van der Waals surface area contributed by atoms with Gasteiger partial charge in [0.15, 0.2) is 6.73 Å². The number of quaternary nitrogens is 1. The van der Waals surface area contributed by atoms with E-state index in [2.05, 4.69) is 19.1 Å². The molecule has 134 valence electrons. The van der Waals surface area contributed by atoms with Gasteiger partial charge < -0.3 is 20.1 Å². The smallest absolute Gasteiger partial charge is 0.550 e. The average Bonchev–Trinajstić information content (AvgIpc) is 2.50. The van der Waals surface area contributed by atoms with E-state index < -0.39 is 23.8 Å². The minimum atomic E-state index is -1.17. The van der Waals surface area contributed by atoms with Crippen molar-refractivity contribution >= 4 is 11.9 Å². The predicted octanol–water partition coefficient (Wildman–Crippen LogP) is -2.00. The number of rotatable bonds is 13. The molecule has 3 atom stereocenters. The van der Waals surface area contributed by atoms with Crippen molar-refractivity contribution in [3.8, 4) is 0 Å². The van der Waals surface area contributed by atoms with Crippen LogP contribution in [0.25, 0.3) is 0 Å². The summed E-state index contributed by atoms with van der Waals surface area (Å²) >= 11 is 0. The minimum Gasteiger partial charge on any atom is -0.550 e. The van der Waals surface area contributed by atoms with Gasteiger partial charge in [-0.05, 0) is 19.8 Å². The Morgan fingerprint density at radius 2 is 1.67 bits per heavy atom. The molecule has 0 saturated heterocycles. The summed E-state index contributed by atoms with van der Waals surface area (Å²) < 4.78 is 0.0736. The number of carbonyl (C=O) groups excluding carboxylic acids is 1. The predicted molar refractivity (Wildman–Crippen MR) is 86.2 cm³/mol. The second kappa shape index (κ2) is 14.4. The molecule has 0 aliphatic rings. The first-order valence-electron chi connectivity index (χ1n) is 8.32. The molecule has 6 nitrogen and oxygen atoms in total. The van der Waals surface area contributed by atoms with E-state index in [9.17, 15) is 19.8 Å². The van der Waals surface area contributed by atoms with Crippen LogP contribution in [-0.2, 0) is 9.59 Å². The summed E-state index contributed by atoms with van der Waals surface area (Å²) in [5.74, 6) is -3.50. The van der Waals surface area contributed by atoms with Gasteiger partial charge in [0.25, 0.3) is 0 Å². The maximum atomic E-state index is 11.1. The summed E-state index contributed by atoms with van der Waals surface area (Å²) in [4.78, 5) is 22.2. The Bertz CT molecular complexity index is 378. The Labute approximate surface area is 187 Å². The Morgan fingerprint density at radius 3 is 2.12 bits per heavy atom. The maximum Gasteiger partial charge on any atom is 1.00 e. The van der Waals surface area contributed by atoms with Gasteiger partial charge >= 0.3 is 57.4 Å². The number of aliphatic hydroxyl groups excluding tert-OH is 1. The van der Waals surface area contributed by atoms with Crippen LogP contribution >= 0.6 is 0 Å². The molecule has 0 amide bonds. The van der Waals surface area contributed by atoms with E-state index in [0.717, 1.165) is 25.7 Å². The first-order valence-corrected chi connectivity index (χ1v) is 8.32. The molecule has 0 rings (SSSR count). The summed E-state index contributed by atoms with van der Waals surface area (Å²) in [6.07, 6.45) is 7.91. The van der Waals surface area contributed by atoms with Gasteiger partial charge in [-0.1, -0.05) is 32.4 Å². The Hall–Kier alpha value is 0.236. The third-order valence-electron chi connectivity index (χ3n) is 4.07. The van der Waals surface area contributed by atoms with Crippen LogP contribution in [0.5, 0.6) is 0 Å². The fraction of sp³-hybridized carbons (Fsp3) is 0.765. The molecule has 0 aliphatic carbocycles. The molecule has 0 bridgehead atoms. The van der Waals surface area contributed by atoms with E-state index in [4.69, 9.17) is 5.11 Å². The second-order valence-electron chi connectivity index (χ2n) is 6.43. The fourth-order valence-electron chi connectivity index (χ4n) is 2.70. The molecular formula is C17H31KNO5+. The second-order valence-corrected chi connectivity index (χ2v) is 6.43. The molecule has 2 N–H and O–H groups in total. The molecular weight excluding hydrogens is 337 g/mol. The number of nitrogens with zero attached hydrogens (tertiary/aromatic N) is 1. The molecule has 24 heavy (non-hydrogen) atoms. The van der Waals surface area contributed by atoms with Crippen LogP contribution in [0.15, 0.2) is 12.2 Å². The summed E-state index contributed by atoms with van der Waals surface area (Å²) in [5.41, 5.74) is 0. The Kier molecular flexibility index (Phi) is 15.9. The van der Waals surface area contributed by atoms with Gasteiger partial charge in [-0.25, -0.2) is 0 Å². The summed E-state index contributed by atoms with van der Waals surface area (Å²) in [6, 6.07) is 0. The van der Waals surface area contributed by atoms with Crippen LogP contribution in [0.4, 0.5) is 0 Å². The summed E-state index contributed by atoms with van der Waals surface area (Å²) in [5, 5.41) is 30.0. The van der Waals surface area contributed by atoms with Crippen molar-refractivity contribution in [3.63, 3.8) is 0 Å². The molecule has 0 spiro atoms. The van der Waals surface area contributed by atoms with E-state index in [1.54, 1.807) is 6.92 Å². The molecule has 7 heteroatoms. The quantitative estimate of drug-likeness (QED) is 0.129. The minimum absolute atomic E-state index is 0. The number of hydrogen-bond donors (Lipinski definition) is 2. The number of carboxylic acids is 2. The van der Waals surface area contributed by atoms with Crippen LogP contribution in [-0.4, -0.2) is 53.0 Å². The van der Waals surface area contributed by atoms with Crippen molar-refractivity contribution in [2.45, 2.75) is 46.5 Å². The van der Waals surface area contributed by atoms with Crippen molar-refractivity contribution in [2.75, 3.05) is 26.4 Å². The van der Waals surface area contributed by atoms with Crippen molar-refractivity contribution in [2.24, 2.45) is 11.8 Å². The molecule has 0 fully saturated rings. The largest absolute Gasteiger partial charge is 1.00 e. The summed E-state index contributed by atoms with van der Waals surface area (Å²) in [6.45, 7) is 5.88. The van der Waals surface area contributed by atoms with Crippen LogP contribution < -0.4 is 56.5 Å². The van der Waals surface area contributed by atoms with E-state index >= 15 is 0 Å². The maximum absolute atomic E-state index is 11.1. The molecule has 0 saturated carbocycles. The van der Waals surface area contributed by atoms with Crippen molar-refractivity contribution in [3.05, 3.63) is 12.2 Å². The third-order valence-corrected chi connectivity index (χ3v) is 4.07. The van der Waals surface area contributed by atoms with Crippen LogP contribution in [0, 0.1) is 11.8 Å². The van der Waals surface area contributed by atoms with Gasteiger partial charge in [-0.2, -0.15) is 0 Å². The summed E-state index contributed by atoms with van der Waals surface area (Å²) in [7, 11) is 0. The van der Waals surface area contributed by atoms with Gasteiger partial charge in [0.1, 0.15) is 5.92 Å². The number of aliphatic hydroxyl groups is 1. The number of aliphatic carboxylic acids is 2. The number of hydrogen-bond acceptors (Lipinski definition) is 4. The number of allylic oxidation sites excluding steroid dienone is 2. The Balaban J connectivity index is 0. The van der Waals surface area contributed by atoms with Gasteiger partial charge in [-0.15, -0.1) is 0 Å². The molecule has 0 radical (unpaired) electrons. The number of unbranched alkanes of at least 4 members (excludes halogenated alkanes) is 2. The monoisotopic (exact) mass is 368 g/mol. The molecule has 0 heterocycles. The normalized spacial score (nSPS) is 16.2. The van der Waals surface area contributed by atoms with E-state index in [1.165, 1.54) is 6.92 Å². The van der Waals surface area contributed by atoms with Crippen LogP contribution in [0.1, 0.15) is 46.5 Å². The third kappa shape index (κ3) is 11.0.